The second-order valence-electron chi connectivity index (χ2n) is 3.22. The molecule has 0 unspecified atom stereocenters. The lowest BCUT2D eigenvalue weighted by molar-refractivity contribution is 1.13. The van der Waals surface area contributed by atoms with Gasteiger partial charge in [-0.3, -0.25) is 0 Å². The van der Waals surface area contributed by atoms with Crippen molar-refractivity contribution in [3.05, 3.63) is 29.3 Å². The van der Waals surface area contributed by atoms with Crippen molar-refractivity contribution in [1.29, 1.82) is 0 Å². The maximum Gasteiger partial charge on any atom is 0.170 e. The fourth-order valence-electron chi connectivity index (χ4n) is 1.32. The largest absolute Gasteiger partial charge is 0.366 e. The Kier molecular flexibility index (Phi) is 3.89. The third-order valence-electron chi connectivity index (χ3n) is 2.12. The van der Waals surface area contributed by atoms with Gasteiger partial charge in [0.05, 0.1) is 0 Å². The number of thiocarbonyl (C=S) groups is 1. The molecule has 14 heavy (non-hydrogen) atoms. The molecule has 0 aliphatic rings. The summed E-state index contributed by atoms with van der Waals surface area (Å²) in [7, 11) is 1.81. The number of benzene rings is 1. The van der Waals surface area contributed by atoms with Gasteiger partial charge in [0.15, 0.2) is 5.11 Å². The Hall–Kier alpha value is -1.09. The van der Waals surface area contributed by atoms with Crippen LogP contribution in [-0.4, -0.2) is 12.2 Å². The van der Waals surface area contributed by atoms with Crippen LogP contribution in [0, 0.1) is 6.92 Å². The molecule has 0 radical (unpaired) electrons. The van der Waals surface area contributed by atoms with Gasteiger partial charge in [-0.2, -0.15) is 0 Å². The summed E-state index contributed by atoms with van der Waals surface area (Å²) in [5, 5.41) is 6.71. The van der Waals surface area contributed by atoms with Crippen LogP contribution < -0.4 is 10.6 Å². The van der Waals surface area contributed by atoms with E-state index in [1.807, 2.05) is 7.05 Å². The molecule has 1 aromatic carbocycles. The van der Waals surface area contributed by atoms with Crippen LogP contribution in [0.15, 0.2) is 18.2 Å². The van der Waals surface area contributed by atoms with Crippen molar-refractivity contribution in [3.8, 4) is 0 Å². The number of rotatable bonds is 2. The number of nitrogens with one attached hydrogen (secondary N) is 2. The molecule has 0 saturated carbocycles. The van der Waals surface area contributed by atoms with Gasteiger partial charge in [0, 0.05) is 12.7 Å². The van der Waals surface area contributed by atoms with E-state index in [2.05, 4.69) is 42.7 Å². The first-order valence-electron chi connectivity index (χ1n) is 4.75. The van der Waals surface area contributed by atoms with Gasteiger partial charge in [0.25, 0.3) is 0 Å². The molecular weight excluding hydrogens is 192 g/mol. The molecule has 2 nitrogen and oxygen atoms in total. The standard InChI is InChI=1S/C11H16N2S/c1-4-9-7-8(2)5-6-10(9)13-11(14)12-3/h5-7H,4H2,1-3H3,(H2,12,13,14). The SMILES string of the molecule is CCc1cc(C)ccc1NC(=S)NC. The zero-order valence-electron chi connectivity index (χ0n) is 8.85. The van der Waals surface area contributed by atoms with Crippen molar-refractivity contribution in [2.24, 2.45) is 0 Å². The monoisotopic (exact) mass is 208 g/mol. The Morgan fingerprint density at radius 2 is 2.14 bits per heavy atom. The van der Waals surface area contributed by atoms with Gasteiger partial charge in [-0.25, -0.2) is 0 Å². The summed E-state index contributed by atoms with van der Waals surface area (Å²) < 4.78 is 0. The lowest BCUT2D eigenvalue weighted by Crippen LogP contribution is -2.24. The molecule has 0 heterocycles. The van der Waals surface area contributed by atoms with E-state index < -0.39 is 0 Å². The van der Waals surface area contributed by atoms with Crippen molar-refractivity contribution in [2.45, 2.75) is 20.3 Å². The highest BCUT2D eigenvalue weighted by molar-refractivity contribution is 7.80. The third-order valence-corrected chi connectivity index (χ3v) is 2.42. The first kappa shape index (κ1) is 11.0. The molecule has 2 N–H and O–H groups in total. The van der Waals surface area contributed by atoms with Crippen LogP contribution in [-0.2, 0) is 6.42 Å². The average molecular weight is 208 g/mol. The van der Waals surface area contributed by atoms with E-state index in [0.29, 0.717) is 5.11 Å². The summed E-state index contributed by atoms with van der Waals surface area (Å²) in [5.74, 6) is 0. The van der Waals surface area contributed by atoms with E-state index in [1.54, 1.807) is 0 Å². The van der Waals surface area contributed by atoms with E-state index >= 15 is 0 Å². The summed E-state index contributed by atoms with van der Waals surface area (Å²) >= 11 is 5.06. The van der Waals surface area contributed by atoms with Crippen molar-refractivity contribution in [1.82, 2.24) is 5.32 Å². The minimum atomic E-state index is 0.656. The van der Waals surface area contributed by atoms with Gasteiger partial charge in [-0.15, -0.1) is 0 Å². The average Bonchev–Trinajstić information content (AvgIpc) is 2.20. The Labute approximate surface area is 90.7 Å². The summed E-state index contributed by atoms with van der Waals surface area (Å²) in [6.07, 6.45) is 1.01. The molecule has 76 valence electrons. The zero-order valence-corrected chi connectivity index (χ0v) is 9.66. The molecule has 0 fully saturated rings. The van der Waals surface area contributed by atoms with E-state index in [1.165, 1.54) is 11.1 Å². The number of aryl methyl sites for hydroxylation is 2. The minimum absolute atomic E-state index is 0.656. The fourth-order valence-corrected chi connectivity index (χ4v) is 1.43. The first-order valence-corrected chi connectivity index (χ1v) is 5.16. The second kappa shape index (κ2) is 4.96. The summed E-state index contributed by atoms with van der Waals surface area (Å²) in [6, 6.07) is 6.33. The van der Waals surface area contributed by atoms with Gasteiger partial charge < -0.3 is 10.6 Å². The minimum Gasteiger partial charge on any atom is -0.366 e. The van der Waals surface area contributed by atoms with E-state index in [4.69, 9.17) is 12.2 Å². The normalized spacial score (nSPS) is 9.64. The maximum atomic E-state index is 5.06. The van der Waals surface area contributed by atoms with Crippen LogP contribution in [0.4, 0.5) is 5.69 Å². The predicted octanol–water partition coefficient (Wildman–Crippen LogP) is 2.47. The Morgan fingerprint density at radius 1 is 1.43 bits per heavy atom. The molecule has 1 aromatic rings. The fraction of sp³-hybridized carbons (Fsp3) is 0.364. The lowest BCUT2D eigenvalue weighted by atomic mass is 10.1. The van der Waals surface area contributed by atoms with Crippen molar-refractivity contribution in [2.75, 3.05) is 12.4 Å². The number of anilines is 1. The molecule has 0 saturated heterocycles. The van der Waals surface area contributed by atoms with Gasteiger partial charge >= 0.3 is 0 Å². The zero-order chi connectivity index (χ0) is 10.6. The number of hydrogen-bond acceptors (Lipinski definition) is 1. The smallest absolute Gasteiger partial charge is 0.170 e. The first-order chi connectivity index (χ1) is 6.67. The molecule has 0 bridgehead atoms. The highest BCUT2D eigenvalue weighted by Gasteiger charge is 2.01. The Bertz CT molecular complexity index is 334. The topological polar surface area (TPSA) is 24.1 Å². The van der Waals surface area contributed by atoms with Crippen LogP contribution in [0.5, 0.6) is 0 Å². The second-order valence-corrected chi connectivity index (χ2v) is 3.63. The van der Waals surface area contributed by atoms with Crippen LogP contribution >= 0.6 is 12.2 Å². The predicted molar refractivity (Wildman–Crippen MR) is 65.8 cm³/mol. The van der Waals surface area contributed by atoms with Crippen molar-refractivity contribution < 1.29 is 0 Å². The summed E-state index contributed by atoms with van der Waals surface area (Å²) in [5.41, 5.74) is 3.67. The molecular formula is C11H16N2S. The molecule has 0 atom stereocenters. The van der Waals surface area contributed by atoms with Crippen LogP contribution in [0.2, 0.25) is 0 Å². The molecule has 0 aliphatic carbocycles. The van der Waals surface area contributed by atoms with E-state index in [0.717, 1.165) is 12.1 Å². The molecule has 0 aliphatic heterocycles. The summed E-state index contributed by atoms with van der Waals surface area (Å²) in [4.78, 5) is 0. The lowest BCUT2D eigenvalue weighted by Gasteiger charge is -2.11. The third kappa shape index (κ3) is 2.70. The van der Waals surface area contributed by atoms with Gasteiger partial charge in [-0.1, -0.05) is 24.6 Å². The quantitative estimate of drug-likeness (QED) is 0.730. The van der Waals surface area contributed by atoms with Crippen LogP contribution in [0.3, 0.4) is 0 Å². The van der Waals surface area contributed by atoms with Crippen molar-refractivity contribution >= 4 is 23.0 Å². The van der Waals surface area contributed by atoms with E-state index in [9.17, 15) is 0 Å². The molecule has 0 aromatic heterocycles. The van der Waals surface area contributed by atoms with Gasteiger partial charge in [0.2, 0.25) is 0 Å². The number of hydrogen-bond donors (Lipinski definition) is 2. The molecule has 0 amide bonds. The van der Waals surface area contributed by atoms with Crippen LogP contribution in [0.1, 0.15) is 18.1 Å². The molecule has 3 heteroatoms. The Balaban J connectivity index is 2.90. The highest BCUT2D eigenvalue weighted by Crippen LogP contribution is 2.17. The summed E-state index contributed by atoms with van der Waals surface area (Å²) in [6.45, 7) is 4.24. The Morgan fingerprint density at radius 3 is 2.71 bits per heavy atom. The van der Waals surface area contributed by atoms with Crippen LogP contribution in [0.25, 0.3) is 0 Å². The van der Waals surface area contributed by atoms with Gasteiger partial charge in [0.1, 0.15) is 0 Å². The van der Waals surface area contributed by atoms with E-state index in [-0.39, 0.29) is 0 Å². The highest BCUT2D eigenvalue weighted by atomic mass is 32.1. The maximum absolute atomic E-state index is 5.06. The van der Waals surface area contributed by atoms with Crippen molar-refractivity contribution in [3.63, 3.8) is 0 Å². The van der Waals surface area contributed by atoms with Gasteiger partial charge in [-0.05, 0) is 37.2 Å². The molecule has 0 spiro atoms. The molecule has 1 rings (SSSR count).